The van der Waals surface area contributed by atoms with Crippen molar-refractivity contribution in [3.05, 3.63) is 29.8 Å². The van der Waals surface area contributed by atoms with Crippen LogP contribution in [-0.4, -0.2) is 5.11 Å². The maximum absolute atomic E-state index is 10.6. The number of hydrogen-bond donors (Lipinski definition) is 1. The van der Waals surface area contributed by atoms with E-state index in [9.17, 15) is 5.11 Å². The molecule has 1 nitrogen and oxygen atoms in total. The van der Waals surface area contributed by atoms with Gasteiger partial charge < -0.3 is 5.11 Å². The molecule has 1 aromatic rings. The number of phenolic OH excluding ortho intramolecular Hbond substituents is 1. The lowest BCUT2D eigenvalue weighted by Crippen LogP contribution is -2.27. The monoisotopic (exact) mass is 332 g/mol. The number of unbranched alkanes of at least 4 members (excludes halogenated alkanes) is 7. The zero-order valence-corrected chi connectivity index (χ0v) is 16.4. The van der Waals surface area contributed by atoms with E-state index < -0.39 is 0 Å². The summed E-state index contributed by atoms with van der Waals surface area (Å²) < 4.78 is 0. The topological polar surface area (TPSA) is 20.2 Å². The zero-order valence-electron chi connectivity index (χ0n) is 16.4. The summed E-state index contributed by atoms with van der Waals surface area (Å²) in [5, 5.41) is 10.6. The summed E-state index contributed by atoms with van der Waals surface area (Å²) in [5.74, 6) is 0.514. The number of phenols is 1. The first-order chi connectivity index (χ1) is 11.7. The van der Waals surface area contributed by atoms with E-state index in [1.54, 1.807) is 0 Å². The standard InChI is InChI=1S/C23H40O/c1-4-7-10-14-19-23(18-9-6-3,20-15-11-8-5-2)21-16-12-13-17-22(21)24/h12-13,16-17,24H,4-11,14-15,18-20H2,1-3H3. The Kier molecular flexibility index (Phi) is 10.9. The molecule has 0 aliphatic rings. The second-order valence-corrected chi connectivity index (χ2v) is 7.52. The molecule has 1 heteroatoms. The fourth-order valence-electron chi connectivity index (χ4n) is 4.00. The van der Waals surface area contributed by atoms with Gasteiger partial charge in [0, 0.05) is 5.56 Å². The summed E-state index contributed by atoms with van der Waals surface area (Å²) in [6.45, 7) is 6.83. The van der Waals surface area contributed by atoms with Crippen LogP contribution < -0.4 is 0 Å². The molecule has 0 spiro atoms. The van der Waals surface area contributed by atoms with Gasteiger partial charge in [-0.15, -0.1) is 0 Å². The largest absolute Gasteiger partial charge is 0.508 e. The van der Waals surface area contributed by atoms with Gasteiger partial charge in [0.2, 0.25) is 0 Å². The quantitative estimate of drug-likeness (QED) is 0.345. The highest BCUT2D eigenvalue weighted by Gasteiger charge is 2.32. The number of benzene rings is 1. The minimum atomic E-state index is 0.183. The van der Waals surface area contributed by atoms with Crippen LogP contribution in [-0.2, 0) is 5.41 Å². The Labute approximate surface area is 150 Å². The van der Waals surface area contributed by atoms with Gasteiger partial charge in [-0.3, -0.25) is 0 Å². The van der Waals surface area contributed by atoms with Gasteiger partial charge >= 0.3 is 0 Å². The predicted molar refractivity (Wildman–Crippen MR) is 107 cm³/mol. The first-order valence-electron chi connectivity index (χ1n) is 10.5. The van der Waals surface area contributed by atoms with Gasteiger partial charge in [-0.2, -0.15) is 0 Å². The van der Waals surface area contributed by atoms with Gasteiger partial charge in [-0.05, 0) is 30.7 Å². The van der Waals surface area contributed by atoms with E-state index in [1.165, 1.54) is 89.0 Å². The van der Waals surface area contributed by atoms with Crippen LogP contribution in [0.15, 0.2) is 24.3 Å². The molecular formula is C23H40O. The summed E-state index contributed by atoms with van der Waals surface area (Å²) in [6.07, 6.45) is 16.7. The van der Waals surface area contributed by atoms with Crippen LogP contribution in [0.4, 0.5) is 0 Å². The molecule has 0 aliphatic carbocycles. The molecule has 0 fully saturated rings. The highest BCUT2D eigenvalue weighted by molar-refractivity contribution is 5.38. The van der Waals surface area contributed by atoms with Crippen LogP contribution in [0, 0.1) is 0 Å². The molecule has 0 heterocycles. The summed E-state index contributed by atoms with van der Waals surface area (Å²) in [5.41, 5.74) is 1.40. The molecule has 24 heavy (non-hydrogen) atoms. The van der Waals surface area contributed by atoms with E-state index in [1.807, 2.05) is 12.1 Å². The van der Waals surface area contributed by atoms with Gasteiger partial charge in [0.1, 0.15) is 5.75 Å². The Hall–Kier alpha value is -0.980. The second kappa shape index (κ2) is 12.4. The molecule has 0 aliphatic heterocycles. The van der Waals surface area contributed by atoms with E-state index in [0.29, 0.717) is 5.75 Å². The van der Waals surface area contributed by atoms with Gasteiger partial charge in [-0.25, -0.2) is 0 Å². The van der Waals surface area contributed by atoms with Crippen molar-refractivity contribution in [2.45, 2.75) is 110 Å². The molecule has 1 aromatic carbocycles. The predicted octanol–water partition coefficient (Wildman–Crippen LogP) is 7.76. The van der Waals surface area contributed by atoms with Crippen molar-refractivity contribution in [1.29, 1.82) is 0 Å². The highest BCUT2D eigenvalue weighted by atomic mass is 16.3. The Morgan fingerprint density at radius 1 is 0.667 bits per heavy atom. The maximum atomic E-state index is 10.6. The summed E-state index contributed by atoms with van der Waals surface area (Å²) in [4.78, 5) is 0. The molecule has 1 N–H and O–H groups in total. The molecule has 138 valence electrons. The molecule has 0 saturated carbocycles. The Morgan fingerprint density at radius 3 is 1.67 bits per heavy atom. The van der Waals surface area contributed by atoms with E-state index >= 15 is 0 Å². The van der Waals surface area contributed by atoms with Crippen molar-refractivity contribution in [2.24, 2.45) is 0 Å². The smallest absolute Gasteiger partial charge is 0.119 e. The number of hydrogen-bond acceptors (Lipinski definition) is 1. The van der Waals surface area contributed by atoms with Crippen molar-refractivity contribution in [3.63, 3.8) is 0 Å². The van der Waals surface area contributed by atoms with Gasteiger partial charge in [0.25, 0.3) is 0 Å². The van der Waals surface area contributed by atoms with Gasteiger partial charge in [0.15, 0.2) is 0 Å². The van der Waals surface area contributed by atoms with Crippen LogP contribution in [0.3, 0.4) is 0 Å². The minimum absolute atomic E-state index is 0.183. The molecule has 0 bridgehead atoms. The van der Waals surface area contributed by atoms with E-state index in [4.69, 9.17) is 0 Å². The van der Waals surface area contributed by atoms with Gasteiger partial charge in [0.05, 0.1) is 0 Å². The third-order valence-electron chi connectivity index (χ3n) is 5.50. The fraction of sp³-hybridized carbons (Fsp3) is 0.739. The normalized spacial score (nSPS) is 11.8. The lowest BCUT2D eigenvalue weighted by atomic mass is 9.69. The lowest BCUT2D eigenvalue weighted by molar-refractivity contribution is 0.292. The SMILES string of the molecule is CCCCCCC(CCCC)(CCCCCC)c1ccccc1O. The van der Waals surface area contributed by atoms with Crippen LogP contribution in [0.5, 0.6) is 5.75 Å². The van der Waals surface area contributed by atoms with Crippen molar-refractivity contribution >= 4 is 0 Å². The Balaban J connectivity index is 2.94. The molecule has 0 aromatic heterocycles. The molecular weight excluding hydrogens is 292 g/mol. The summed E-state index contributed by atoms with van der Waals surface area (Å²) in [7, 11) is 0. The summed E-state index contributed by atoms with van der Waals surface area (Å²) >= 11 is 0. The van der Waals surface area contributed by atoms with E-state index in [0.717, 1.165) is 0 Å². The average molecular weight is 333 g/mol. The van der Waals surface area contributed by atoms with Crippen molar-refractivity contribution in [3.8, 4) is 5.75 Å². The first-order valence-corrected chi connectivity index (χ1v) is 10.5. The van der Waals surface area contributed by atoms with Crippen LogP contribution in [0.2, 0.25) is 0 Å². The maximum Gasteiger partial charge on any atom is 0.119 e. The molecule has 0 radical (unpaired) electrons. The van der Waals surface area contributed by atoms with Crippen LogP contribution in [0.25, 0.3) is 0 Å². The molecule has 0 saturated heterocycles. The van der Waals surface area contributed by atoms with E-state index in [-0.39, 0.29) is 5.41 Å². The summed E-state index contributed by atoms with van der Waals surface area (Å²) in [6, 6.07) is 8.13. The fourth-order valence-corrected chi connectivity index (χ4v) is 4.00. The zero-order chi connectivity index (χ0) is 17.7. The second-order valence-electron chi connectivity index (χ2n) is 7.52. The van der Waals surface area contributed by atoms with Crippen molar-refractivity contribution < 1.29 is 5.11 Å². The van der Waals surface area contributed by atoms with Crippen LogP contribution in [0.1, 0.15) is 110 Å². The third kappa shape index (κ3) is 6.87. The highest BCUT2D eigenvalue weighted by Crippen LogP contribution is 2.43. The molecule has 0 unspecified atom stereocenters. The Bertz CT molecular complexity index is 412. The number of rotatable bonds is 14. The van der Waals surface area contributed by atoms with Crippen molar-refractivity contribution in [2.75, 3.05) is 0 Å². The lowest BCUT2D eigenvalue weighted by Gasteiger charge is -2.36. The third-order valence-corrected chi connectivity index (χ3v) is 5.50. The van der Waals surface area contributed by atoms with Crippen LogP contribution >= 0.6 is 0 Å². The molecule has 1 rings (SSSR count). The number of aromatic hydroxyl groups is 1. The van der Waals surface area contributed by atoms with Gasteiger partial charge in [-0.1, -0.05) is 103 Å². The van der Waals surface area contributed by atoms with Crippen molar-refractivity contribution in [1.82, 2.24) is 0 Å². The van der Waals surface area contributed by atoms with E-state index in [2.05, 4.69) is 32.9 Å². The molecule has 0 atom stereocenters. The molecule has 0 amide bonds. The average Bonchev–Trinajstić information content (AvgIpc) is 2.60. The first kappa shape index (κ1) is 21.1. The Morgan fingerprint density at radius 2 is 1.17 bits per heavy atom. The minimum Gasteiger partial charge on any atom is -0.508 e. The number of para-hydroxylation sites is 1.